The molecule has 4 rings (SSSR count). The van der Waals surface area contributed by atoms with E-state index >= 15 is 0 Å². The molecule has 0 fully saturated rings. The summed E-state index contributed by atoms with van der Waals surface area (Å²) in [5, 5.41) is 16.9. The number of nitrogens with zero attached hydrogens (tertiary/aromatic N) is 1. The zero-order valence-corrected chi connectivity index (χ0v) is 23.3. The van der Waals surface area contributed by atoms with Crippen LogP contribution in [0.2, 0.25) is 0 Å². The summed E-state index contributed by atoms with van der Waals surface area (Å²) in [4.78, 5) is 38.5. The molecule has 0 unspecified atom stereocenters. The molecule has 3 aromatic rings. The predicted molar refractivity (Wildman–Crippen MR) is 157 cm³/mol. The van der Waals surface area contributed by atoms with Crippen molar-refractivity contribution in [1.29, 1.82) is 5.26 Å². The lowest BCUT2D eigenvalue weighted by Crippen LogP contribution is -2.31. The summed E-state index contributed by atoms with van der Waals surface area (Å²) < 4.78 is 5.02. The van der Waals surface area contributed by atoms with E-state index in [1.54, 1.807) is 50.2 Å². The first kappa shape index (κ1) is 28.4. The molecule has 0 saturated heterocycles. The smallest absolute Gasteiger partial charge is 0.338 e. The number of aryl methyl sites for hydroxylation is 1. The molecule has 1 atom stereocenters. The van der Waals surface area contributed by atoms with E-state index in [1.807, 2.05) is 49.4 Å². The highest BCUT2D eigenvalue weighted by Crippen LogP contribution is 2.41. The van der Waals surface area contributed by atoms with Crippen molar-refractivity contribution in [3.63, 3.8) is 0 Å². The Morgan fingerprint density at radius 3 is 2.23 bits per heavy atom. The third-order valence-corrected chi connectivity index (χ3v) is 7.42. The minimum atomic E-state index is -0.636. The molecule has 1 heterocycles. The molecule has 8 heteroatoms. The van der Waals surface area contributed by atoms with Gasteiger partial charge in [0.15, 0.2) is 5.78 Å². The van der Waals surface area contributed by atoms with Gasteiger partial charge in [0.1, 0.15) is 0 Å². The van der Waals surface area contributed by atoms with Crippen molar-refractivity contribution in [2.24, 2.45) is 0 Å². The lowest BCUT2D eigenvalue weighted by Gasteiger charge is -2.30. The third-order valence-electron chi connectivity index (χ3n) is 6.40. The van der Waals surface area contributed by atoms with Gasteiger partial charge < -0.3 is 15.4 Å². The van der Waals surface area contributed by atoms with Gasteiger partial charge in [-0.25, -0.2) is 4.79 Å². The SMILES string of the molecule is CCOC(=O)c1ccc(NC(=O)C2=C(C)NC(SCC(=O)c3ccc(C)cc3)=C(C#N)[C@@H]2c2ccccc2)cc1. The highest BCUT2D eigenvalue weighted by Gasteiger charge is 2.35. The molecule has 0 saturated carbocycles. The van der Waals surface area contributed by atoms with Crippen molar-refractivity contribution >= 4 is 35.1 Å². The van der Waals surface area contributed by atoms with Gasteiger partial charge in [-0.2, -0.15) is 5.26 Å². The molecule has 40 heavy (non-hydrogen) atoms. The zero-order valence-electron chi connectivity index (χ0n) is 22.5. The normalized spacial score (nSPS) is 14.7. The molecule has 0 aromatic heterocycles. The van der Waals surface area contributed by atoms with Crippen LogP contribution in [-0.2, 0) is 9.53 Å². The molecule has 0 spiro atoms. The van der Waals surface area contributed by atoms with Gasteiger partial charge in [0, 0.05) is 22.5 Å². The van der Waals surface area contributed by atoms with E-state index in [4.69, 9.17) is 4.74 Å². The fourth-order valence-electron chi connectivity index (χ4n) is 4.37. The van der Waals surface area contributed by atoms with E-state index in [9.17, 15) is 19.6 Å². The molecular weight excluding hydrogens is 522 g/mol. The Morgan fingerprint density at radius 1 is 0.950 bits per heavy atom. The Bertz CT molecular complexity index is 1520. The van der Waals surface area contributed by atoms with E-state index in [0.29, 0.717) is 38.7 Å². The Balaban J connectivity index is 1.61. The molecule has 0 radical (unpaired) electrons. The molecule has 2 N–H and O–H groups in total. The first-order valence-electron chi connectivity index (χ1n) is 12.8. The summed E-state index contributed by atoms with van der Waals surface area (Å²) in [6, 6.07) is 25.5. The average Bonchev–Trinajstić information content (AvgIpc) is 2.96. The number of carbonyl (C=O) groups excluding carboxylic acids is 3. The Labute approximate surface area is 237 Å². The lowest BCUT2D eigenvalue weighted by atomic mass is 9.82. The fraction of sp³-hybridized carbons (Fsp3) is 0.188. The number of nitrogens with one attached hydrogen (secondary N) is 2. The van der Waals surface area contributed by atoms with E-state index < -0.39 is 11.9 Å². The van der Waals surface area contributed by atoms with Crippen LogP contribution in [0, 0.1) is 18.3 Å². The predicted octanol–water partition coefficient (Wildman–Crippen LogP) is 6.12. The van der Waals surface area contributed by atoms with Crippen LogP contribution in [0.5, 0.6) is 0 Å². The molecule has 1 amide bonds. The second-order valence-corrected chi connectivity index (χ2v) is 10.2. The number of thioether (sulfide) groups is 1. The van der Waals surface area contributed by atoms with Crippen LogP contribution in [0.25, 0.3) is 0 Å². The third kappa shape index (κ3) is 6.50. The molecule has 7 nitrogen and oxygen atoms in total. The molecule has 202 valence electrons. The molecule has 1 aliphatic rings. The summed E-state index contributed by atoms with van der Waals surface area (Å²) in [6.45, 7) is 5.75. The molecule has 1 aliphatic heterocycles. The topological polar surface area (TPSA) is 108 Å². The number of hydrogen-bond acceptors (Lipinski definition) is 7. The van der Waals surface area contributed by atoms with Crippen molar-refractivity contribution in [2.45, 2.75) is 26.7 Å². The van der Waals surface area contributed by atoms with E-state index in [1.165, 1.54) is 11.8 Å². The van der Waals surface area contributed by atoms with Crippen LogP contribution in [-0.4, -0.2) is 30.0 Å². The summed E-state index contributed by atoms with van der Waals surface area (Å²) in [5.74, 6) is -1.36. The van der Waals surface area contributed by atoms with Gasteiger partial charge in [0.05, 0.1) is 40.5 Å². The van der Waals surface area contributed by atoms with Crippen LogP contribution < -0.4 is 10.6 Å². The first-order valence-corrected chi connectivity index (χ1v) is 13.8. The first-order chi connectivity index (χ1) is 19.3. The van der Waals surface area contributed by atoms with E-state index in [-0.39, 0.29) is 24.1 Å². The number of allylic oxidation sites excluding steroid dienone is 2. The lowest BCUT2D eigenvalue weighted by molar-refractivity contribution is -0.113. The number of ketones is 1. The summed E-state index contributed by atoms with van der Waals surface area (Å²) >= 11 is 1.25. The number of benzene rings is 3. The van der Waals surface area contributed by atoms with Crippen molar-refractivity contribution in [3.05, 3.63) is 123 Å². The number of ether oxygens (including phenoxy) is 1. The van der Waals surface area contributed by atoms with Gasteiger partial charge in [-0.3, -0.25) is 9.59 Å². The molecule has 0 aliphatic carbocycles. The highest BCUT2D eigenvalue weighted by atomic mass is 32.2. The van der Waals surface area contributed by atoms with Crippen LogP contribution in [0.3, 0.4) is 0 Å². The second kappa shape index (κ2) is 13.0. The molecule has 0 bridgehead atoms. The Morgan fingerprint density at radius 2 is 1.60 bits per heavy atom. The van der Waals surface area contributed by atoms with Gasteiger partial charge in [-0.05, 0) is 50.6 Å². The minimum absolute atomic E-state index is 0.0516. The Hall–Kier alpha value is -4.61. The number of amides is 1. The number of dihydropyridines is 1. The molecule has 3 aromatic carbocycles. The van der Waals surface area contributed by atoms with Crippen molar-refractivity contribution < 1.29 is 19.1 Å². The monoisotopic (exact) mass is 551 g/mol. The number of carbonyl (C=O) groups is 3. The van der Waals surface area contributed by atoms with Crippen LogP contribution >= 0.6 is 11.8 Å². The largest absolute Gasteiger partial charge is 0.462 e. The number of esters is 1. The van der Waals surface area contributed by atoms with Crippen LogP contribution in [0.1, 0.15) is 51.6 Å². The van der Waals surface area contributed by atoms with Gasteiger partial charge in [-0.1, -0.05) is 71.9 Å². The summed E-state index contributed by atoms with van der Waals surface area (Å²) in [6.07, 6.45) is 0. The maximum Gasteiger partial charge on any atom is 0.338 e. The Kier molecular flexibility index (Phi) is 9.20. The number of hydrogen-bond donors (Lipinski definition) is 2. The number of Topliss-reactive ketones (excluding diaryl/α,β-unsaturated/α-hetero) is 1. The zero-order chi connectivity index (χ0) is 28.6. The summed E-state index contributed by atoms with van der Waals surface area (Å²) in [5.41, 5.74) is 4.68. The van der Waals surface area contributed by atoms with Crippen molar-refractivity contribution in [3.8, 4) is 6.07 Å². The molecular formula is C32H29N3O4S. The van der Waals surface area contributed by atoms with Crippen molar-refractivity contribution in [2.75, 3.05) is 17.7 Å². The van der Waals surface area contributed by atoms with E-state index in [2.05, 4.69) is 16.7 Å². The highest BCUT2D eigenvalue weighted by molar-refractivity contribution is 8.03. The number of rotatable bonds is 9. The van der Waals surface area contributed by atoms with E-state index in [0.717, 1.165) is 11.1 Å². The van der Waals surface area contributed by atoms with Gasteiger partial charge >= 0.3 is 5.97 Å². The van der Waals surface area contributed by atoms with Crippen molar-refractivity contribution in [1.82, 2.24) is 5.32 Å². The van der Waals surface area contributed by atoms with Crippen LogP contribution in [0.15, 0.2) is 101 Å². The minimum Gasteiger partial charge on any atom is -0.462 e. The maximum absolute atomic E-state index is 13.6. The van der Waals surface area contributed by atoms with Gasteiger partial charge in [-0.15, -0.1) is 0 Å². The summed E-state index contributed by atoms with van der Waals surface area (Å²) in [7, 11) is 0. The standard InChI is InChI=1S/C32H29N3O4S/c1-4-39-32(38)24-14-16-25(17-15-24)35-30(37)28-21(3)34-31(26(18-33)29(28)23-8-6-5-7-9-23)40-19-27(36)22-12-10-20(2)11-13-22/h5-17,29,34H,4,19H2,1-3H3,(H,35,37)/t29-/m0/s1. The second-order valence-electron chi connectivity index (χ2n) is 9.19. The fourth-order valence-corrected chi connectivity index (χ4v) is 5.36. The maximum atomic E-state index is 13.6. The number of nitriles is 1. The van der Waals surface area contributed by atoms with Gasteiger partial charge in [0.2, 0.25) is 0 Å². The quantitative estimate of drug-likeness (QED) is 0.244. The van der Waals surface area contributed by atoms with Gasteiger partial charge in [0.25, 0.3) is 5.91 Å². The average molecular weight is 552 g/mol. The van der Waals surface area contributed by atoms with Crippen LogP contribution in [0.4, 0.5) is 5.69 Å². The number of anilines is 1.